The van der Waals surface area contributed by atoms with Crippen LogP contribution in [-0.4, -0.2) is 26.0 Å². The minimum Gasteiger partial charge on any atom is -0.505 e. The van der Waals surface area contributed by atoms with Gasteiger partial charge in [0.05, 0.1) is 5.75 Å². The summed E-state index contributed by atoms with van der Waals surface area (Å²) in [6.45, 7) is 2.13. The lowest BCUT2D eigenvalue weighted by molar-refractivity contribution is 0.417. The molecule has 0 aliphatic rings. The molecule has 0 bridgehead atoms. The number of aromatic nitrogens is 3. The van der Waals surface area contributed by atoms with E-state index >= 15 is 0 Å². The molecule has 0 aromatic carbocycles. The zero-order valence-corrected chi connectivity index (χ0v) is 10.3. The first-order valence-corrected chi connectivity index (χ1v) is 6.51. The molecule has 0 unspecified atom stereocenters. The van der Waals surface area contributed by atoms with E-state index in [-0.39, 0.29) is 11.6 Å². The molecule has 0 amide bonds. The van der Waals surface area contributed by atoms with Gasteiger partial charge in [0.25, 0.3) is 5.89 Å². The van der Waals surface area contributed by atoms with E-state index in [4.69, 9.17) is 4.52 Å². The molecule has 2 aromatic heterocycles. The summed E-state index contributed by atoms with van der Waals surface area (Å²) in [5.41, 5.74) is 0.326. The van der Waals surface area contributed by atoms with Crippen molar-refractivity contribution in [1.82, 2.24) is 15.1 Å². The van der Waals surface area contributed by atoms with Crippen LogP contribution in [0.15, 0.2) is 22.9 Å². The van der Waals surface area contributed by atoms with E-state index in [0.29, 0.717) is 17.3 Å². The maximum absolute atomic E-state index is 9.59. The summed E-state index contributed by atoms with van der Waals surface area (Å²) in [7, 11) is 0. The first kappa shape index (κ1) is 11.9. The molecule has 5 nitrogen and oxygen atoms in total. The average Bonchev–Trinajstić information content (AvgIpc) is 2.79. The highest BCUT2D eigenvalue weighted by Gasteiger charge is 2.13. The Labute approximate surface area is 103 Å². The van der Waals surface area contributed by atoms with E-state index in [1.54, 1.807) is 24.0 Å². The fourth-order valence-electron chi connectivity index (χ4n) is 1.28. The molecule has 0 saturated heterocycles. The van der Waals surface area contributed by atoms with Crippen molar-refractivity contribution in [2.75, 3.05) is 5.75 Å². The Morgan fingerprint density at radius 3 is 3.12 bits per heavy atom. The number of thioether (sulfide) groups is 1. The van der Waals surface area contributed by atoms with Crippen molar-refractivity contribution in [1.29, 1.82) is 0 Å². The normalized spacial score (nSPS) is 10.6. The fraction of sp³-hybridized carbons (Fsp3) is 0.364. The zero-order valence-electron chi connectivity index (χ0n) is 9.46. The predicted molar refractivity (Wildman–Crippen MR) is 65.6 cm³/mol. The Morgan fingerprint density at radius 2 is 2.35 bits per heavy atom. The standard InChI is InChI=1S/C11H13N3O2S/c1-2-6-17-7-9-13-11(16-14-9)10-8(15)4-3-5-12-10/h3-5,15H,2,6-7H2,1H3. The molecular formula is C11H13N3O2S. The fourth-order valence-corrected chi connectivity index (χ4v) is 2.01. The summed E-state index contributed by atoms with van der Waals surface area (Å²) in [4.78, 5) is 8.20. The Hall–Kier alpha value is -1.56. The highest BCUT2D eigenvalue weighted by atomic mass is 32.2. The van der Waals surface area contributed by atoms with Gasteiger partial charge in [-0.1, -0.05) is 12.1 Å². The second-order valence-corrected chi connectivity index (χ2v) is 4.54. The molecule has 0 atom stereocenters. The molecule has 0 saturated carbocycles. The molecule has 90 valence electrons. The van der Waals surface area contributed by atoms with Crippen LogP contribution < -0.4 is 0 Å². The smallest absolute Gasteiger partial charge is 0.280 e. The van der Waals surface area contributed by atoms with Crippen molar-refractivity contribution in [2.24, 2.45) is 0 Å². The Kier molecular flexibility index (Phi) is 3.98. The van der Waals surface area contributed by atoms with Gasteiger partial charge in [0.1, 0.15) is 5.75 Å². The van der Waals surface area contributed by atoms with Crippen LogP contribution in [0.25, 0.3) is 11.6 Å². The number of rotatable bonds is 5. The third-order valence-corrected chi connectivity index (χ3v) is 3.20. The lowest BCUT2D eigenvalue weighted by Gasteiger charge is -1.95. The van der Waals surface area contributed by atoms with E-state index in [0.717, 1.165) is 12.2 Å². The molecule has 2 aromatic rings. The van der Waals surface area contributed by atoms with E-state index in [2.05, 4.69) is 22.0 Å². The van der Waals surface area contributed by atoms with Crippen LogP contribution in [0.4, 0.5) is 0 Å². The summed E-state index contributed by atoms with van der Waals surface area (Å²) in [6.07, 6.45) is 2.70. The van der Waals surface area contributed by atoms with Crippen molar-refractivity contribution in [3.63, 3.8) is 0 Å². The average molecular weight is 251 g/mol. The Balaban J connectivity index is 2.10. The summed E-state index contributed by atoms with van der Waals surface area (Å²) < 4.78 is 5.07. The number of nitrogens with zero attached hydrogens (tertiary/aromatic N) is 3. The van der Waals surface area contributed by atoms with E-state index < -0.39 is 0 Å². The van der Waals surface area contributed by atoms with E-state index in [9.17, 15) is 5.11 Å². The number of aromatic hydroxyl groups is 1. The van der Waals surface area contributed by atoms with Gasteiger partial charge in [-0.15, -0.1) is 0 Å². The Bertz CT molecular complexity index is 487. The zero-order chi connectivity index (χ0) is 12.1. The molecule has 0 aliphatic heterocycles. The van der Waals surface area contributed by atoms with Crippen LogP contribution in [0.5, 0.6) is 5.75 Å². The van der Waals surface area contributed by atoms with Gasteiger partial charge in [-0.25, -0.2) is 4.98 Å². The number of pyridine rings is 1. The minimum atomic E-state index is 0.0453. The highest BCUT2D eigenvalue weighted by molar-refractivity contribution is 7.98. The molecule has 0 spiro atoms. The molecular weight excluding hydrogens is 238 g/mol. The van der Waals surface area contributed by atoms with Crippen LogP contribution in [0.2, 0.25) is 0 Å². The van der Waals surface area contributed by atoms with Crippen molar-refractivity contribution >= 4 is 11.8 Å². The molecule has 6 heteroatoms. The first-order valence-electron chi connectivity index (χ1n) is 5.36. The number of hydrogen-bond donors (Lipinski definition) is 1. The summed E-state index contributed by atoms with van der Waals surface area (Å²) in [6, 6.07) is 3.19. The van der Waals surface area contributed by atoms with Gasteiger partial charge in [-0.3, -0.25) is 0 Å². The molecule has 1 N–H and O–H groups in total. The van der Waals surface area contributed by atoms with E-state index in [1.165, 1.54) is 6.07 Å². The first-order chi connectivity index (χ1) is 8.31. The second kappa shape index (κ2) is 5.67. The molecule has 0 aliphatic carbocycles. The summed E-state index contributed by atoms with van der Waals surface area (Å²) in [5.74, 6) is 2.71. The summed E-state index contributed by atoms with van der Waals surface area (Å²) >= 11 is 1.75. The topological polar surface area (TPSA) is 72.0 Å². The second-order valence-electron chi connectivity index (χ2n) is 3.44. The van der Waals surface area contributed by atoms with Gasteiger partial charge in [-0.2, -0.15) is 16.7 Å². The lowest BCUT2D eigenvalue weighted by atomic mass is 10.3. The predicted octanol–water partition coefficient (Wildman–Crippen LogP) is 2.48. The molecule has 0 radical (unpaired) electrons. The molecule has 2 heterocycles. The van der Waals surface area contributed by atoms with Gasteiger partial charge in [0.2, 0.25) is 0 Å². The van der Waals surface area contributed by atoms with Crippen molar-refractivity contribution in [3.05, 3.63) is 24.2 Å². The van der Waals surface area contributed by atoms with Crippen LogP contribution in [-0.2, 0) is 5.75 Å². The Morgan fingerprint density at radius 1 is 1.47 bits per heavy atom. The van der Waals surface area contributed by atoms with Crippen molar-refractivity contribution in [2.45, 2.75) is 19.1 Å². The van der Waals surface area contributed by atoms with Crippen LogP contribution in [0, 0.1) is 0 Å². The van der Waals surface area contributed by atoms with Crippen molar-refractivity contribution < 1.29 is 9.63 Å². The maximum atomic E-state index is 9.59. The number of hydrogen-bond acceptors (Lipinski definition) is 6. The van der Waals surface area contributed by atoms with Crippen LogP contribution in [0.1, 0.15) is 19.2 Å². The van der Waals surface area contributed by atoms with Gasteiger partial charge in [-0.05, 0) is 24.3 Å². The molecule has 17 heavy (non-hydrogen) atoms. The minimum absolute atomic E-state index is 0.0453. The van der Waals surface area contributed by atoms with Gasteiger partial charge < -0.3 is 9.63 Å². The monoisotopic (exact) mass is 251 g/mol. The highest BCUT2D eigenvalue weighted by Crippen LogP contribution is 2.24. The van der Waals surface area contributed by atoms with Crippen LogP contribution >= 0.6 is 11.8 Å². The van der Waals surface area contributed by atoms with Crippen LogP contribution in [0.3, 0.4) is 0 Å². The molecule has 2 rings (SSSR count). The SMILES string of the molecule is CCCSCc1noc(-c2ncccc2O)n1. The lowest BCUT2D eigenvalue weighted by Crippen LogP contribution is -1.87. The quantitative estimate of drug-likeness (QED) is 0.823. The maximum Gasteiger partial charge on any atom is 0.280 e. The third kappa shape index (κ3) is 2.97. The van der Waals surface area contributed by atoms with Gasteiger partial charge >= 0.3 is 0 Å². The van der Waals surface area contributed by atoms with Gasteiger partial charge in [0.15, 0.2) is 11.5 Å². The third-order valence-electron chi connectivity index (χ3n) is 2.04. The van der Waals surface area contributed by atoms with E-state index in [1.807, 2.05) is 0 Å². The molecule has 0 fully saturated rings. The largest absolute Gasteiger partial charge is 0.505 e. The van der Waals surface area contributed by atoms with Gasteiger partial charge in [0, 0.05) is 6.20 Å². The van der Waals surface area contributed by atoms with Crippen molar-refractivity contribution in [3.8, 4) is 17.3 Å². The summed E-state index contributed by atoms with van der Waals surface area (Å²) in [5, 5.41) is 13.4.